The smallest absolute Gasteiger partial charge is 0.337 e. The molecule has 11 nitrogen and oxygen atoms in total. The number of thioether (sulfide) groups is 1. The number of hydrogen-bond donors (Lipinski definition) is 2. The molecule has 4 rings (SSSR count). The minimum Gasteiger partial charge on any atom is -0.497 e. The quantitative estimate of drug-likeness (QED) is 0.163. The number of carbonyl (C=O) groups is 2. The topological polar surface area (TPSA) is 160 Å². The Morgan fingerprint density at radius 2 is 1.80 bits per heavy atom. The lowest BCUT2D eigenvalue weighted by Gasteiger charge is -2.14. The van der Waals surface area contributed by atoms with Gasteiger partial charge in [0.1, 0.15) is 5.75 Å². The van der Waals surface area contributed by atoms with Crippen LogP contribution in [0.5, 0.6) is 5.75 Å². The van der Waals surface area contributed by atoms with Crippen molar-refractivity contribution in [2.24, 2.45) is 5.14 Å². The highest BCUT2D eigenvalue weighted by Gasteiger charge is 2.16. The summed E-state index contributed by atoms with van der Waals surface area (Å²) >= 11 is 1.07. The monoisotopic (exact) mass is 582 g/mol. The van der Waals surface area contributed by atoms with Crippen LogP contribution >= 0.6 is 11.8 Å². The molecule has 0 saturated heterocycles. The van der Waals surface area contributed by atoms with Crippen molar-refractivity contribution in [3.63, 3.8) is 0 Å². The number of nitrogens with two attached hydrogens (primary N) is 1. The number of primary sulfonamides is 1. The number of amides is 1. The number of benzene rings is 3. The van der Waals surface area contributed by atoms with E-state index in [1.165, 1.54) is 49.1 Å². The number of hydrogen-bond acceptors (Lipinski definition) is 9. The van der Waals surface area contributed by atoms with Crippen LogP contribution in [0.15, 0.2) is 81.6 Å². The zero-order valence-corrected chi connectivity index (χ0v) is 23.3. The number of aryl methyl sites for hydroxylation is 1. The fraction of sp³-hybridized carbons (Fsp3) is 0.185. The molecule has 0 aliphatic heterocycles. The van der Waals surface area contributed by atoms with Gasteiger partial charge in [-0.05, 0) is 54.4 Å². The molecule has 0 aliphatic carbocycles. The first-order valence-corrected chi connectivity index (χ1v) is 14.4. The number of nitrogens with zero attached hydrogens (tertiary/aromatic N) is 2. The number of sulfonamides is 1. The fourth-order valence-corrected chi connectivity index (χ4v) is 5.21. The molecule has 3 N–H and O–H groups in total. The molecule has 1 amide bonds. The van der Waals surface area contributed by atoms with Gasteiger partial charge in [-0.1, -0.05) is 30.0 Å². The molecule has 0 saturated carbocycles. The maximum absolute atomic E-state index is 13.5. The Balaban J connectivity index is 1.62. The lowest BCUT2D eigenvalue weighted by atomic mass is 10.1. The molecule has 208 valence electrons. The van der Waals surface area contributed by atoms with Gasteiger partial charge in [0.05, 0.1) is 41.3 Å². The molecule has 0 atom stereocenters. The summed E-state index contributed by atoms with van der Waals surface area (Å²) in [7, 11) is -1.04. The van der Waals surface area contributed by atoms with Crippen molar-refractivity contribution in [3.05, 3.63) is 88.2 Å². The van der Waals surface area contributed by atoms with Gasteiger partial charge in [0.15, 0.2) is 5.16 Å². The highest BCUT2D eigenvalue weighted by molar-refractivity contribution is 7.99. The second-order valence-electron chi connectivity index (χ2n) is 8.58. The van der Waals surface area contributed by atoms with Crippen LogP contribution in [0.2, 0.25) is 0 Å². The summed E-state index contributed by atoms with van der Waals surface area (Å²) in [6.07, 6.45) is 0.377. The van der Waals surface area contributed by atoms with Gasteiger partial charge in [-0.25, -0.2) is 23.3 Å². The van der Waals surface area contributed by atoms with Crippen LogP contribution < -0.4 is 20.8 Å². The lowest BCUT2D eigenvalue weighted by molar-refractivity contribution is -0.113. The van der Waals surface area contributed by atoms with Crippen molar-refractivity contribution in [2.45, 2.75) is 23.0 Å². The second kappa shape index (κ2) is 12.3. The summed E-state index contributed by atoms with van der Waals surface area (Å²) in [6.45, 7) is 0.203. The molecule has 0 aliphatic rings. The van der Waals surface area contributed by atoms with Crippen molar-refractivity contribution >= 4 is 50.3 Å². The molecule has 0 unspecified atom stereocenters. The zero-order chi connectivity index (χ0) is 28.9. The van der Waals surface area contributed by atoms with Gasteiger partial charge in [-0.2, -0.15) is 0 Å². The summed E-state index contributed by atoms with van der Waals surface area (Å²) in [5.41, 5.74) is 1.50. The zero-order valence-electron chi connectivity index (χ0n) is 21.6. The summed E-state index contributed by atoms with van der Waals surface area (Å²) in [4.78, 5) is 42.8. The van der Waals surface area contributed by atoms with E-state index in [2.05, 4.69) is 10.3 Å². The Bertz CT molecular complexity index is 1740. The fourth-order valence-electron chi connectivity index (χ4n) is 3.87. The van der Waals surface area contributed by atoms with Crippen LogP contribution in [-0.2, 0) is 32.5 Å². The molecule has 1 aromatic heterocycles. The van der Waals surface area contributed by atoms with Gasteiger partial charge in [-0.15, -0.1) is 0 Å². The highest BCUT2D eigenvalue weighted by atomic mass is 32.2. The van der Waals surface area contributed by atoms with Crippen molar-refractivity contribution in [2.75, 3.05) is 25.3 Å². The molecule has 0 radical (unpaired) electrons. The predicted octanol–water partition coefficient (Wildman–Crippen LogP) is 2.81. The molecule has 0 spiro atoms. The number of fused-ring (bicyclic) bond motifs is 1. The standard InChI is InChI=1S/C27H26N4O7S2/c1-37-20-5-3-4-19(15-20)29-24(32)16-39-27-30-23-14-18(26(34)38-2)8-11-22(23)25(33)31(27)13-12-17-6-9-21(10-7-17)40(28,35)36/h3-11,14-15H,12-13,16H2,1-2H3,(H,29,32)(H2,28,35,36). The molecule has 0 fully saturated rings. The minimum atomic E-state index is -3.82. The molecule has 13 heteroatoms. The summed E-state index contributed by atoms with van der Waals surface area (Å²) in [5.74, 6) is -0.340. The number of ether oxygens (including phenoxy) is 2. The third-order valence-electron chi connectivity index (χ3n) is 5.90. The van der Waals surface area contributed by atoms with Gasteiger partial charge in [0.2, 0.25) is 15.9 Å². The average molecular weight is 583 g/mol. The number of carbonyl (C=O) groups excluding carboxylic acids is 2. The van der Waals surface area contributed by atoms with Crippen LogP contribution in [0, 0.1) is 0 Å². The molecule has 40 heavy (non-hydrogen) atoms. The largest absolute Gasteiger partial charge is 0.497 e. The van der Waals surface area contributed by atoms with E-state index < -0.39 is 16.0 Å². The molecular formula is C27H26N4O7S2. The minimum absolute atomic E-state index is 0.0134. The van der Waals surface area contributed by atoms with Crippen LogP contribution in [0.3, 0.4) is 0 Å². The predicted molar refractivity (Wildman–Crippen MR) is 151 cm³/mol. The van der Waals surface area contributed by atoms with E-state index >= 15 is 0 Å². The number of aromatic nitrogens is 2. The Labute approximate surface area is 234 Å². The maximum Gasteiger partial charge on any atom is 0.337 e. The number of rotatable bonds is 10. The van der Waals surface area contributed by atoms with E-state index in [0.29, 0.717) is 23.2 Å². The van der Waals surface area contributed by atoms with E-state index in [1.54, 1.807) is 36.4 Å². The molecule has 1 heterocycles. The Kier molecular flexibility index (Phi) is 8.87. The normalized spacial score (nSPS) is 11.3. The van der Waals surface area contributed by atoms with Gasteiger partial charge < -0.3 is 14.8 Å². The van der Waals surface area contributed by atoms with E-state index in [1.807, 2.05) is 0 Å². The van der Waals surface area contributed by atoms with Crippen molar-refractivity contribution in [3.8, 4) is 5.75 Å². The Morgan fingerprint density at radius 1 is 1.05 bits per heavy atom. The summed E-state index contributed by atoms with van der Waals surface area (Å²) in [5, 5.41) is 8.53. The number of methoxy groups -OCH3 is 2. The van der Waals surface area contributed by atoms with E-state index in [9.17, 15) is 22.8 Å². The van der Waals surface area contributed by atoms with Crippen LogP contribution in [-0.4, -0.2) is 49.8 Å². The third-order valence-corrected chi connectivity index (χ3v) is 7.81. The van der Waals surface area contributed by atoms with E-state index in [-0.39, 0.29) is 44.9 Å². The summed E-state index contributed by atoms with van der Waals surface area (Å²) in [6, 6.07) is 17.4. The third kappa shape index (κ3) is 6.86. The number of esters is 1. The molecular weight excluding hydrogens is 556 g/mol. The van der Waals surface area contributed by atoms with Crippen molar-refractivity contribution < 1.29 is 27.5 Å². The number of anilines is 1. The molecule has 4 aromatic rings. The first kappa shape index (κ1) is 28.8. The molecule has 0 bridgehead atoms. The second-order valence-corrected chi connectivity index (χ2v) is 11.1. The Hall–Kier alpha value is -4.20. The van der Waals surface area contributed by atoms with Gasteiger partial charge >= 0.3 is 5.97 Å². The maximum atomic E-state index is 13.5. The average Bonchev–Trinajstić information content (AvgIpc) is 2.94. The highest BCUT2D eigenvalue weighted by Crippen LogP contribution is 2.22. The van der Waals surface area contributed by atoms with Gasteiger partial charge in [-0.3, -0.25) is 14.2 Å². The summed E-state index contributed by atoms with van der Waals surface area (Å²) < 4.78 is 34.5. The van der Waals surface area contributed by atoms with Crippen LogP contribution in [0.1, 0.15) is 15.9 Å². The SMILES string of the molecule is COC(=O)c1ccc2c(=O)n(CCc3ccc(S(N)(=O)=O)cc3)c(SCC(=O)Nc3cccc(OC)c3)nc2c1. The Morgan fingerprint density at radius 3 is 2.48 bits per heavy atom. The van der Waals surface area contributed by atoms with Gasteiger partial charge in [0.25, 0.3) is 5.56 Å². The van der Waals surface area contributed by atoms with E-state index in [0.717, 1.165) is 17.3 Å². The van der Waals surface area contributed by atoms with Crippen molar-refractivity contribution in [1.82, 2.24) is 9.55 Å². The number of nitrogens with one attached hydrogen (secondary N) is 1. The lowest BCUT2D eigenvalue weighted by Crippen LogP contribution is -2.25. The molecule has 3 aromatic carbocycles. The first-order chi connectivity index (χ1) is 19.1. The van der Waals surface area contributed by atoms with Crippen LogP contribution in [0.25, 0.3) is 10.9 Å². The first-order valence-electron chi connectivity index (χ1n) is 11.9. The van der Waals surface area contributed by atoms with Crippen LogP contribution in [0.4, 0.5) is 5.69 Å². The van der Waals surface area contributed by atoms with Crippen molar-refractivity contribution in [1.29, 1.82) is 0 Å². The van der Waals surface area contributed by atoms with E-state index in [4.69, 9.17) is 14.6 Å². The van der Waals surface area contributed by atoms with Gasteiger partial charge in [0, 0.05) is 18.3 Å².